The van der Waals surface area contributed by atoms with Gasteiger partial charge in [0.2, 0.25) is 0 Å². The van der Waals surface area contributed by atoms with Crippen LogP contribution in [-0.4, -0.2) is 26.4 Å². The van der Waals surface area contributed by atoms with Gasteiger partial charge in [0.1, 0.15) is 23.1 Å². The smallest absolute Gasteiger partial charge is 0.141 e. The fourth-order valence-electron chi connectivity index (χ4n) is 8.30. The molecule has 0 saturated carbocycles. The van der Waals surface area contributed by atoms with E-state index in [2.05, 4.69) is 118 Å². The molecule has 6 nitrogen and oxygen atoms in total. The molecule has 1 unspecified atom stereocenters. The Morgan fingerprint density at radius 3 is 2.41 bits per heavy atom. The van der Waals surface area contributed by atoms with E-state index in [1.807, 2.05) is 12.1 Å². The highest BCUT2D eigenvalue weighted by Gasteiger charge is 2.32. The van der Waals surface area contributed by atoms with Crippen LogP contribution in [0.2, 0.25) is 0 Å². The molecule has 252 valence electrons. The first-order valence-electron chi connectivity index (χ1n) is 18.0. The summed E-state index contributed by atoms with van der Waals surface area (Å²) in [5.74, 6) is 4.76. The van der Waals surface area contributed by atoms with E-state index in [1.54, 1.807) is 13.3 Å². The highest BCUT2D eigenvalue weighted by atomic mass is 16.5. The van der Waals surface area contributed by atoms with Gasteiger partial charge in [0.15, 0.2) is 0 Å². The number of allylic oxidation sites excluding steroid dienone is 2. The van der Waals surface area contributed by atoms with Crippen LogP contribution in [0, 0.1) is 11.8 Å². The second-order valence-electron chi connectivity index (χ2n) is 13.8. The van der Waals surface area contributed by atoms with Crippen LogP contribution in [0.25, 0.3) is 33.3 Å². The Labute approximate surface area is 290 Å². The molecule has 0 radical (unpaired) electrons. The SMILES string of the molecule is CCCc1cc(Oc2ccc3c4ccccc4n(-c4cc(OC)ccn4)c3c2)cc(-n2nc(CC)c(C3C(C)=C[C@H](C)C[C@@H]3C)c2CC)c1. The molecule has 0 amide bonds. The Balaban J connectivity index is 1.33. The van der Waals surface area contributed by atoms with Crippen molar-refractivity contribution in [3.05, 3.63) is 113 Å². The number of ether oxygens (including phenoxy) is 2. The van der Waals surface area contributed by atoms with Gasteiger partial charge in [0, 0.05) is 52.3 Å². The molecule has 0 bridgehead atoms. The van der Waals surface area contributed by atoms with Gasteiger partial charge in [-0.25, -0.2) is 9.67 Å². The quantitative estimate of drug-likeness (QED) is 0.138. The Morgan fingerprint density at radius 1 is 0.837 bits per heavy atom. The highest BCUT2D eigenvalue weighted by Crippen LogP contribution is 2.44. The zero-order chi connectivity index (χ0) is 34.2. The first-order valence-corrected chi connectivity index (χ1v) is 18.0. The Kier molecular flexibility index (Phi) is 9.06. The molecule has 1 aliphatic carbocycles. The molecule has 3 aromatic carbocycles. The van der Waals surface area contributed by atoms with E-state index >= 15 is 0 Å². The number of para-hydroxylation sites is 1. The van der Waals surface area contributed by atoms with Gasteiger partial charge in [-0.15, -0.1) is 0 Å². The van der Waals surface area contributed by atoms with E-state index in [1.165, 1.54) is 39.9 Å². The zero-order valence-corrected chi connectivity index (χ0v) is 30.0. The van der Waals surface area contributed by atoms with Gasteiger partial charge < -0.3 is 9.47 Å². The second-order valence-corrected chi connectivity index (χ2v) is 13.8. The molecule has 0 saturated heterocycles. The van der Waals surface area contributed by atoms with Gasteiger partial charge in [-0.3, -0.25) is 4.57 Å². The van der Waals surface area contributed by atoms with Gasteiger partial charge in [-0.2, -0.15) is 5.10 Å². The van der Waals surface area contributed by atoms with Crippen molar-refractivity contribution >= 4 is 21.8 Å². The summed E-state index contributed by atoms with van der Waals surface area (Å²) < 4.78 is 16.7. The molecule has 49 heavy (non-hydrogen) atoms. The molecule has 3 atom stereocenters. The maximum Gasteiger partial charge on any atom is 0.141 e. The number of hydrogen-bond acceptors (Lipinski definition) is 4. The number of pyridine rings is 1. The van der Waals surface area contributed by atoms with Gasteiger partial charge in [-0.05, 0) is 86.4 Å². The van der Waals surface area contributed by atoms with Gasteiger partial charge in [-0.1, -0.05) is 70.9 Å². The number of rotatable bonds is 10. The monoisotopic (exact) mass is 652 g/mol. The number of methoxy groups -OCH3 is 1. The largest absolute Gasteiger partial charge is 0.497 e. The van der Waals surface area contributed by atoms with Crippen molar-refractivity contribution in [2.24, 2.45) is 11.8 Å². The maximum absolute atomic E-state index is 6.76. The van der Waals surface area contributed by atoms with Gasteiger partial charge >= 0.3 is 0 Å². The number of fused-ring (bicyclic) bond motifs is 3. The van der Waals surface area contributed by atoms with Crippen LogP contribution >= 0.6 is 0 Å². The van der Waals surface area contributed by atoms with Crippen LogP contribution in [0.3, 0.4) is 0 Å². The molecule has 6 heteroatoms. The van der Waals surface area contributed by atoms with E-state index in [9.17, 15) is 0 Å². The molecule has 1 aliphatic rings. The van der Waals surface area contributed by atoms with E-state index < -0.39 is 0 Å². The fourth-order valence-corrected chi connectivity index (χ4v) is 8.30. The summed E-state index contributed by atoms with van der Waals surface area (Å²) in [5.41, 5.74) is 9.87. The van der Waals surface area contributed by atoms with Crippen LogP contribution in [0.4, 0.5) is 0 Å². The lowest BCUT2D eigenvalue weighted by atomic mass is 9.72. The van der Waals surface area contributed by atoms with Crippen molar-refractivity contribution in [3.8, 4) is 28.8 Å². The third-order valence-electron chi connectivity index (χ3n) is 10.2. The second kappa shape index (κ2) is 13.6. The van der Waals surface area contributed by atoms with E-state index in [0.29, 0.717) is 17.8 Å². The summed E-state index contributed by atoms with van der Waals surface area (Å²) in [6.45, 7) is 13.8. The fraction of sp³-hybridized carbons (Fsp3) is 0.349. The van der Waals surface area contributed by atoms with Crippen LogP contribution in [-0.2, 0) is 19.3 Å². The van der Waals surface area contributed by atoms with Crippen LogP contribution in [0.1, 0.15) is 82.8 Å². The summed E-state index contributed by atoms with van der Waals surface area (Å²) in [5, 5.41) is 7.63. The van der Waals surface area contributed by atoms with E-state index in [0.717, 1.165) is 70.9 Å². The van der Waals surface area contributed by atoms with Crippen LogP contribution < -0.4 is 9.47 Å². The number of benzene rings is 3. The lowest BCUT2D eigenvalue weighted by molar-refractivity contribution is 0.389. The Hall–Kier alpha value is -4.84. The Morgan fingerprint density at radius 2 is 1.65 bits per heavy atom. The van der Waals surface area contributed by atoms with Crippen molar-refractivity contribution in [1.82, 2.24) is 19.3 Å². The van der Waals surface area contributed by atoms with E-state index in [-0.39, 0.29) is 0 Å². The maximum atomic E-state index is 6.76. The molecular weight excluding hydrogens is 604 g/mol. The first-order chi connectivity index (χ1) is 23.8. The predicted molar refractivity (Wildman–Crippen MR) is 201 cm³/mol. The Bertz CT molecular complexity index is 2170. The minimum atomic E-state index is 0.405. The number of aryl methyl sites for hydroxylation is 2. The molecule has 0 N–H and O–H groups in total. The average Bonchev–Trinajstić information content (AvgIpc) is 3.63. The number of nitrogens with zero attached hydrogens (tertiary/aromatic N) is 4. The highest BCUT2D eigenvalue weighted by molar-refractivity contribution is 6.09. The van der Waals surface area contributed by atoms with Crippen molar-refractivity contribution in [2.75, 3.05) is 7.11 Å². The molecule has 3 heterocycles. The molecule has 6 aromatic rings. The van der Waals surface area contributed by atoms with Crippen molar-refractivity contribution in [1.29, 1.82) is 0 Å². The normalized spacial score (nSPS) is 17.9. The summed E-state index contributed by atoms with van der Waals surface area (Å²) in [4.78, 5) is 4.73. The lowest BCUT2D eigenvalue weighted by Crippen LogP contribution is -2.21. The number of aromatic nitrogens is 4. The molecule has 7 rings (SSSR count). The average molecular weight is 653 g/mol. The summed E-state index contributed by atoms with van der Waals surface area (Å²) in [6, 6.07) is 25.3. The standard InChI is InChI=1S/C43H48N4O2/c1-8-13-30-22-31(47-38(10-3)43(37(9-2)45-47)42-28(5)20-27(4)21-29(42)6)24-34(23-30)49-33-16-17-36-35-14-11-12-15-39(35)46(40(36)25-33)41-26-32(48-7)18-19-44-41/h11-12,14-20,22-27,29,42H,8-10,13,21H2,1-7H3/t27-,29-,42?/m0/s1. The first kappa shape index (κ1) is 32.7. The predicted octanol–water partition coefficient (Wildman–Crippen LogP) is 10.9. The minimum absolute atomic E-state index is 0.405. The van der Waals surface area contributed by atoms with Crippen LogP contribution in [0.15, 0.2) is 90.6 Å². The topological polar surface area (TPSA) is 54.1 Å². The molecule has 3 aromatic heterocycles. The summed E-state index contributed by atoms with van der Waals surface area (Å²) in [6.07, 6.45) is 9.33. The summed E-state index contributed by atoms with van der Waals surface area (Å²) in [7, 11) is 1.68. The third-order valence-corrected chi connectivity index (χ3v) is 10.2. The molecule has 0 spiro atoms. The molecule has 0 fully saturated rings. The van der Waals surface area contributed by atoms with Crippen molar-refractivity contribution < 1.29 is 9.47 Å². The van der Waals surface area contributed by atoms with Crippen molar-refractivity contribution in [3.63, 3.8) is 0 Å². The van der Waals surface area contributed by atoms with E-state index in [4.69, 9.17) is 19.6 Å². The minimum Gasteiger partial charge on any atom is -0.497 e. The zero-order valence-electron chi connectivity index (χ0n) is 30.0. The number of hydrogen-bond donors (Lipinski definition) is 0. The van der Waals surface area contributed by atoms with Crippen molar-refractivity contribution in [2.45, 2.75) is 79.6 Å². The molecule has 0 aliphatic heterocycles. The van der Waals surface area contributed by atoms with Gasteiger partial charge in [0.25, 0.3) is 0 Å². The van der Waals surface area contributed by atoms with Gasteiger partial charge in [0.05, 0.1) is 29.5 Å². The molecular formula is C43H48N4O2. The lowest BCUT2D eigenvalue weighted by Gasteiger charge is -2.33. The summed E-state index contributed by atoms with van der Waals surface area (Å²) >= 11 is 0. The third kappa shape index (κ3) is 6.03. The van der Waals surface area contributed by atoms with Crippen LogP contribution in [0.5, 0.6) is 17.2 Å².